The van der Waals surface area contributed by atoms with Gasteiger partial charge in [0, 0.05) is 12.1 Å². The van der Waals surface area contributed by atoms with E-state index in [0.29, 0.717) is 10.1 Å². The zero-order chi connectivity index (χ0) is 20.8. The predicted molar refractivity (Wildman–Crippen MR) is 108 cm³/mol. The van der Waals surface area contributed by atoms with Gasteiger partial charge >= 0.3 is 11.8 Å². The highest BCUT2D eigenvalue weighted by molar-refractivity contribution is 7.98. The Hall–Kier alpha value is -3.48. The Morgan fingerprint density at radius 2 is 1.25 bits per heavy atom. The minimum atomic E-state index is -1.01. The molecular weight excluding hydrogens is 400 g/mol. The van der Waals surface area contributed by atoms with Gasteiger partial charge < -0.3 is 22.1 Å². The molecule has 0 aliphatic heterocycles. The minimum absolute atomic E-state index is 0.0260. The molecule has 28 heavy (non-hydrogen) atoms. The summed E-state index contributed by atoms with van der Waals surface area (Å²) >= 11 is 2.36. The Morgan fingerprint density at radius 1 is 0.893 bits per heavy atom. The molecule has 2 aromatic rings. The second kappa shape index (κ2) is 8.94. The van der Waals surface area contributed by atoms with Crippen molar-refractivity contribution in [2.75, 3.05) is 34.6 Å². The summed E-state index contributed by atoms with van der Waals surface area (Å²) < 4.78 is 0. The van der Waals surface area contributed by atoms with Gasteiger partial charge in [0.15, 0.2) is 0 Å². The Bertz CT molecular complexity index is 959. The summed E-state index contributed by atoms with van der Waals surface area (Å²) in [5.41, 5.74) is 12.2. The van der Waals surface area contributed by atoms with Gasteiger partial charge in [-0.3, -0.25) is 9.59 Å². The van der Waals surface area contributed by atoms with E-state index in [1.807, 2.05) is 12.1 Å². The molecule has 0 bridgehead atoms. The highest BCUT2D eigenvalue weighted by Gasteiger charge is 2.19. The zero-order valence-electron chi connectivity index (χ0n) is 14.7. The smallest absolute Gasteiger partial charge is 0.315 e. The maximum atomic E-state index is 12.2. The second-order valence-electron chi connectivity index (χ2n) is 5.09. The molecule has 0 spiro atoms. The first-order chi connectivity index (χ1) is 13.3. The number of hydrogen-bond acceptors (Lipinski definition) is 10. The van der Waals surface area contributed by atoms with E-state index in [0.717, 1.165) is 0 Å². The highest BCUT2D eigenvalue weighted by atomic mass is 32.2. The van der Waals surface area contributed by atoms with Crippen LogP contribution >= 0.6 is 23.5 Å². The fourth-order valence-electron chi connectivity index (χ4n) is 2.08. The van der Waals surface area contributed by atoms with Crippen molar-refractivity contribution in [1.29, 1.82) is 10.5 Å². The van der Waals surface area contributed by atoms with Crippen LogP contribution in [0, 0.1) is 22.7 Å². The van der Waals surface area contributed by atoms with E-state index in [2.05, 4.69) is 20.6 Å². The molecule has 2 heterocycles. The third-order valence-corrected chi connectivity index (χ3v) is 4.70. The monoisotopic (exact) mass is 414 g/mol. The van der Waals surface area contributed by atoms with Crippen LogP contribution in [0.2, 0.25) is 0 Å². The summed E-state index contributed by atoms with van der Waals surface area (Å²) in [4.78, 5) is 32.5. The van der Waals surface area contributed by atoms with Gasteiger partial charge in [0.2, 0.25) is 0 Å². The number of thioether (sulfide) groups is 2. The van der Waals surface area contributed by atoms with Crippen molar-refractivity contribution >= 4 is 58.3 Å². The van der Waals surface area contributed by atoms with Crippen LogP contribution in [0.3, 0.4) is 0 Å². The number of anilines is 4. The molecule has 142 valence electrons. The van der Waals surface area contributed by atoms with Crippen LogP contribution in [0.1, 0.15) is 11.1 Å². The van der Waals surface area contributed by atoms with Crippen molar-refractivity contribution in [2.24, 2.45) is 0 Å². The molecule has 0 radical (unpaired) electrons. The lowest BCUT2D eigenvalue weighted by Gasteiger charge is -2.10. The van der Waals surface area contributed by atoms with Gasteiger partial charge in [0.1, 0.15) is 45.0 Å². The van der Waals surface area contributed by atoms with E-state index in [1.165, 1.54) is 35.7 Å². The first-order valence-corrected chi connectivity index (χ1v) is 9.91. The average Bonchev–Trinajstić information content (AvgIpc) is 2.66. The van der Waals surface area contributed by atoms with Crippen molar-refractivity contribution in [3.8, 4) is 12.1 Å². The number of nitrogens with zero attached hydrogens (tertiary/aromatic N) is 4. The summed E-state index contributed by atoms with van der Waals surface area (Å²) in [5.74, 6) is -1.98. The molecule has 6 N–H and O–H groups in total. The lowest BCUT2D eigenvalue weighted by Crippen LogP contribution is -2.30. The maximum absolute atomic E-state index is 12.2. The van der Waals surface area contributed by atoms with Crippen LogP contribution in [0.5, 0.6) is 0 Å². The van der Waals surface area contributed by atoms with E-state index >= 15 is 0 Å². The number of pyridine rings is 2. The highest BCUT2D eigenvalue weighted by Crippen LogP contribution is 2.26. The van der Waals surface area contributed by atoms with Crippen LogP contribution in [0.4, 0.5) is 23.0 Å². The summed E-state index contributed by atoms with van der Waals surface area (Å²) in [6.45, 7) is 0. The molecule has 0 atom stereocenters. The summed E-state index contributed by atoms with van der Waals surface area (Å²) in [6, 6.07) is 6.43. The van der Waals surface area contributed by atoms with Gasteiger partial charge in [0.25, 0.3) is 0 Å². The Balaban J connectivity index is 2.20. The first-order valence-electron chi connectivity index (χ1n) is 7.46. The Morgan fingerprint density at radius 3 is 1.54 bits per heavy atom. The van der Waals surface area contributed by atoms with E-state index in [-0.39, 0.29) is 34.1 Å². The summed E-state index contributed by atoms with van der Waals surface area (Å²) in [7, 11) is 0. The number of nitrogens with two attached hydrogens (primary N) is 2. The largest absolute Gasteiger partial charge is 0.397 e. The minimum Gasteiger partial charge on any atom is -0.397 e. The lowest BCUT2D eigenvalue weighted by atomic mass is 10.2. The third-order valence-electron chi connectivity index (χ3n) is 3.33. The van der Waals surface area contributed by atoms with Crippen molar-refractivity contribution in [1.82, 2.24) is 9.97 Å². The molecule has 2 amide bonds. The molecule has 0 saturated heterocycles. The third kappa shape index (κ3) is 4.43. The second-order valence-corrected chi connectivity index (χ2v) is 6.68. The number of rotatable bonds is 4. The molecule has 0 aliphatic carbocycles. The molecule has 0 fully saturated rings. The van der Waals surface area contributed by atoms with E-state index in [9.17, 15) is 9.59 Å². The Labute approximate surface area is 168 Å². The number of hydrogen-bond donors (Lipinski definition) is 4. The van der Waals surface area contributed by atoms with Gasteiger partial charge in [-0.25, -0.2) is 9.97 Å². The average molecular weight is 414 g/mol. The molecule has 2 rings (SSSR count). The molecule has 12 heteroatoms. The molecule has 0 aliphatic rings. The van der Waals surface area contributed by atoms with Crippen molar-refractivity contribution in [2.45, 2.75) is 10.1 Å². The number of amides is 2. The number of aromatic nitrogens is 2. The SMILES string of the molecule is CSc1nc(NC(=O)C(=O)Nc2cc(N)c(C#N)c(SC)n2)cc(N)c1C#N. The number of carbonyl (C=O) groups excluding carboxylic acids is 2. The summed E-state index contributed by atoms with van der Waals surface area (Å²) in [6.07, 6.45) is 3.40. The zero-order valence-corrected chi connectivity index (χ0v) is 16.4. The van der Waals surface area contributed by atoms with Crippen LogP contribution in [-0.4, -0.2) is 34.3 Å². The molecule has 10 nitrogen and oxygen atoms in total. The van der Waals surface area contributed by atoms with E-state index in [1.54, 1.807) is 12.5 Å². The van der Waals surface area contributed by atoms with E-state index < -0.39 is 11.8 Å². The molecule has 0 unspecified atom stereocenters. The van der Waals surface area contributed by atoms with Crippen molar-refractivity contribution in [3.63, 3.8) is 0 Å². The predicted octanol–water partition coefficient (Wildman–Crippen LogP) is 1.41. The van der Waals surface area contributed by atoms with Crippen LogP contribution in [-0.2, 0) is 9.59 Å². The van der Waals surface area contributed by atoms with Crippen molar-refractivity contribution in [3.05, 3.63) is 23.3 Å². The number of carbonyl (C=O) groups is 2. The van der Waals surface area contributed by atoms with Crippen LogP contribution in [0.15, 0.2) is 22.2 Å². The topological polar surface area (TPSA) is 184 Å². The maximum Gasteiger partial charge on any atom is 0.315 e. The molecule has 2 aromatic heterocycles. The molecule has 0 aromatic carbocycles. The quantitative estimate of drug-likeness (QED) is 0.421. The Kier molecular flexibility index (Phi) is 6.65. The van der Waals surface area contributed by atoms with E-state index in [4.69, 9.17) is 22.0 Å². The number of nitriles is 2. The van der Waals surface area contributed by atoms with Crippen LogP contribution in [0.25, 0.3) is 0 Å². The molecule has 0 saturated carbocycles. The standard InChI is InChI=1S/C16H14N8O2S2/c1-27-15-7(5-17)9(19)3-11(23-15)21-13(25)14(26)22-12-4-10(20)8(6-18)16(24-12)28-2/h3-4H,1-2H3,(H3,19,21,23,25)(H3,20,22,24,26). The lowest BCUT2D eigenvalue weighted by molar-refractivity contribution is -0.133. The van der Waals surface area contributed by atoms with Crippen molar-refractivity contribution < 1.29 is 9.59 Å². The fraction of sp³-hybridized carbons (Fsp3) is 0.125. The van der Waals surface area contributed by atoms with Gasteiger partial charge in [-0.15, -0.1) is 23.5 Å². The number of nitrogen functional groups attached to an aromatic ring is 2. The van der Waals surface area contributed by atoms with Gasteiger partial charge in [0.05, 0.1) is 11.4 Å². The summed E-state index contributed by atoms with van der Waals surface area (Å²) in [5, 5.41) is 23.4. The van der Waals surface area contributed by atoms with Gasteiger partial charge in [-0.05, 0) is 12.5 Å². The number of nitrogens with one attached hydrogen (secondary N) is 2. The normalized spacial score (nSPS) is 9.86. The first kappa shape index (κ1) is 20.8. The van der Waals surface area contributed by atoms with Crippen LogP contribution < -0.4 is 22.1 Å². The molecular formula is C16H14N8O2S2. The van der Waals surface area contributed by atoms with Gasteiger partial charge in [-0.2, -0.15) is 10.5 Å². The van der Waals surface area contributed by atoms with Gasteiger partial charge in [-0.1, -0.05) is 0 Å². The fourth-order valence-corrected chi connectivity index (χ4v) is 3.19.